The lowest BCUT2D eigenvalue weighted by molar-refractivity contribution is 0.0124. The van der Waals surface area contributed by atoms with Crippen LogP contribution >= 0.6 is 0 Å². The molecule has 30 heavy (non-hydrogen) atoms. The summed E-state index contributed by atoms with van der Waals surface area (Å²) in [5.41, 5.74) is 4.96. The Balaban J connectivity index is 1.39. The second-order valence-electron chi connectivity index (χ2n) is 6.60. The maximum Gasteiger partial charge on any atom is 0.286 e. The van der Waals surface area contributed by atoms with Crippen LogP contribution in [0.5, 0.6) is 5.88 Å². The van der Waals surface area contributed by atoms with Crippen LogP contribution in [-0.4, -0.2) is 62.4 Å². The zero-order chi connectivity index (χ0) is 20.9. The summed E-state index contributed by atoms with van der Waals surface area (Å²) in [6.45, 7) is 2.51. The summed E-state index contributed by atoms with van der Waals surface area (Å²) in [5, 5.41) is 17.8. The van der Waals surface area contributed by atoms with Crippen molar-refractivity contribution in [3.8, 4) is 17.1 Å². The van der Waals surface area contributed by atoms with Gasteiger partial charge in [-0.1, -0.05) is 5.21 Å². The number of amides is 1. The molecule has 1 saturated heterocycles. The van der Waals surface area contributed by atoms with Crippen molar-refractivity contribution in [2.45, 2.75) is 6.61 Å². The molecule has 3 heterocycles. The first-order valence-electron chi connectivity index (χ1n) is 9.35. The van der Waals surface area contributed by atoms with Crippen LogP contribution in [0, 0.1) is 5.82 Å². The first kappa shape index (κ1) is 19.9. The van der Waals surface area contributed by atoms with Gasteiger partial charge in [-0.25, -0.2) is 14.1 Å². The van der Waals surface area contributed by atoms with E-state index in [9.17, 15) is 9.18 Å². The lowest BCUT2D eigenvalue weighted by Crippen LogP contribution is -2.48. The van der Waals surface area contributed by atoms with Crippen LogP contribution in [0.2, 0.25) is 0 Å². The van der Waals surface area contributed by atoms with Gasteiger partial charge in [0.25, 0.3) is 5.91 Å². The standard InChI is InChI=1S/C19H20FN7O3/c1-26-16(18(23-25-26)13-2-4-14(20)5-3-13)12-30-17-7-6-15(21-22-17)19(28)24-27-8-10-29-11-9-27/h2-7H,8-12H2,1H3,(H,24,28). The Morgan fingerprint density at radius 2 is 1.90 bits per heavy atom. The van der Waals surface area contributed by atoms with Gasteiger partial charge < -0.3 is 9.47 Å². The number of aromatic nitrogens is 5. The molecule has 0 unspecified atom stereocenters. The van der Waals surface area contributed by atoms with Crippen molar-refractivity contribution in [1.82, 2.24) is 35.6 Å². The third-order valence-electron chi connectivity index (χ3n) is 4.56. The molecule has 4 rings (SSSR count). The van der Waals surface area contributed by atoms with E-state index in [0.29, 0.717) is 37.7 Å². The first-order valence-corrected chi connectivity index (χ1v) is 9.35. The highest BCUT2D eigenvalue weighted by Gasteiger charge is 2.17. The van der Waals surface area contributed by atoms with Gasteiger partial charge in [-0.15, -0.1) is 15.3 Å². The van der Waals surface area contributed by atoms with E-state index in [-0.39, 0.29) is 29.9 Å². The van der Waals surface area contributed by atoms with Crippen LogP contribution in [-0.2, 0) is 18.4 Å². The third kappa shape index (κ3) is 4.58. The number of rotatable bonds is 6. The molecule has 0 saturated carbocycles. The Labute approximate surface area is 171 Å². The van der Waals surface area contributed by atoms with Crippen molar-refractivity contribution >= 4 is 5.91 Å². The lowest BCUT2D eigenvalue weighted by atomic mass is 10.1. The Hall–Kier alpha value is -3.44. The SMILES string of the molecule is Cn1nnc(-c2ccc(F)cc2)c1COc1ccc(C(=O)NN2CCOCC2)nn1. The predicted molar refractivity (Wildman–Crippen MR) is 103 cm³/mol. The van der Waals surface area contributed by atoms with Gasteiger partial charge in [0.2, 0.25) is 5.88 Å². The molecular weight excluding hydrogens is 393 g/mol. The van der Waals surface area contributed by atoms with Crippen LogP contribution in [0.15, 0.2) is 36.4 Å². The summed E-state index contributed by atoms with van der Waals surface area (Å²) in [5.74, 6) is -0.414. The van der Waals surface area contributed by atoms with Crippen LogP contribution in [0.25, 0.3) is 11.3 Å². The van der Waals surface area contributed by atoms with E-state index < -0.39 is 0 Å². The number of aryl methyl sites for hydroxylation is 1. The molecule has 1 fully saturated rings. The number of hydrazine groups is 1. The number of nitrogens with one attached hydrogen (secondary N) is 1. The fourth-order valence-corrected chi connectivity index (χ4v) is 2.91. The maximum atomic E-state index is 13.2. The number of carbonyl (C=O) groups is 1. The molecule has 3 aromatic rings. The summed E-state index contributed by atoms with van der Waals surface area (Å²) in [6, 6.07) is 9.10. The molecule has 0 aliphatic carbocycles. The molecule has 1 amide bonds. The van der Waals surface area contributed by atoms with E-state index in [1.54, 1.807) is 41.0 Å². The summed E-state index contributed by atoms with van der Waals surface area (Å²) < 4.78 is 25.7. The number of carbonyl (C=O) groups excluding carboxylic acids is 1. The predicted octanol–water partition coefficient (Wildman–Crippen LogP) is 0.967. The van der Waals surface area contributed by atoms with Crippen LogP contribution in [0.1, 0.15) is 16.2 Å². The molecule has 156 valence electrons. The van der Waals surface area contributed by atoms with E-state index in [1.165, 1.54) is 12.1 Å². The highest BCUT2D eigenvalue weighted by Crippen LogP contribution is 2.22. The zero-order valence-corrected chi connectivity index (χ0v) is 16.3. The second-order valence-corrected chi connectivity index (χ2v) is 6.60. The maximum absolute atomic E-state index is 13.2. The van der Waals surface area contributed by atoms with Crippen molar-refractivity contribution in [3.05, 3.63) is 53.6 Å². The Morgan fingerprint density at radius 1 is 1.13 bits per heavy atom. The molecule has 11 heteroatoms. The Morgan fingerprint density at radius 3 is 2.60 bits per heavy atom. The second kappa shape index (κ2) is 8.93. The molecule has 1 aliphatic rings. The summed E-state index contributed by atoms with van der Waals surface area (Å²) >= 11 is 0. The molecule has 0 atom stereocenters. The molecule has 0 bridgehead atoms. The summed E-state index contributed by atoms with van der Waals surface area (Å²) in [4.78, 5) is 12.3. The van der Waals surface area contributed by atoms with Gasteiger partial charge in [0.05, 0.1) is 13.2 Å². The van der Waals surface area contributed by atoms with Crippen molar-refractivity contribution in [2.24, 2.45) is 7.05 Å². The van der Waals surface area contributed by atoms with Crippen molar-refractivity contribution in [2.75, 3.05) is 26.3 Å². The summed E-state index contributed by atoms with van der Waals surface area (Å²) in [7, 11) is 1.74. The van der Waals surface area contributed by atoms with E-state index in [2.05, 4.69) is 25.9 Å². The molecule has 10 nitrogen and oxygen atoms in total. The van der Waals surface area contributed by atoms with Crippen LogP contribution in [0.3, 0.4) is 0 Å². The number of hydrogen-bond donors (Lipinski definition) is 1. The number of ether oxygens (including phenoxy) is 2. The lowest BCUT2D eigenvalue weighted by Gasteiger charge is -2.26. The molecule has 1 N–H and O–H groups in total. The fourth-order valence-electron chi connectivity index (χ4n) is 2.91. The minimum Gasteiger partial charge on any atom is -0.470 e. The van der Waals surface area contributed by atoms with Gasteiger partial charge in [0.1, 0.15) is 23.8 Å². The normalized spacial score (nSPS) is 14.5. The third-order valence-corrected chi connectivity index (χ3v) is 4.56. The van der Waals surface area contributed by atoms with Gasteiger partial charge in [-0.2, -0.15) is 0 Å². The van der Waals surface area contributed by atoms with Crippen molar-refractivity contribution in [3.63, 3.8) is 0 Å². The van der Waals surface area contributed by atoms with Crippen LogP contribution in [0.4, 0.5) is 4.39 Å². The minimum absolute atomic E-state index is 0.129. The van der Waals surface area contributed by atoms with Crippen LogP contribution < -0.4 is 10.2 Å². The molecule has 0 radical (unpaired) electrons. The molecular formula is C19H20FN7O3. The number of benzene rings is 1. The minimum atomic E-state index is -0.342. The van der Waals surface area contributed by atoms with Crippen molar-refractivity contribution < 1.29 is 18.7 Å². The van der Waals surface area contributed by atoms with E-state index in [4.69, 9.17) is 9.47 Å². The topological polar surface area (TPSA) is 107 Å². The highest BCUT2D eigenvalue weighted by atomic mass is 19.1. The van der Waals surface area contributed by atoms with Gasteiger partial charge in [0.15, 0.2) is 5.69 Å². The monoisotopic (exact) mass is 413 g/mol. The fraction of sp³-hybridized carbons (Fsp3) is 0.316. The van der Waals surface area contributed by atoms with Gasteiger partial charge in [-0.05, 0) is 30.3 Å². The molecule has 2 aromatic heterocycles. The van der Waals surface area contributed by atoms with Gasteiger partial charge in [0, 0.05) is 31.8 Å². The van der Waals surface area contributed by atoms with E-state index in [1.807, 2.05) is 0 Å². The Kier molecular flexibility index (Phi) is 5.91. The zero-order valence-electron chi connectivity index (χ0n) is 16.3. The first-order chi connectivity index (χ1) is 14.6. The van der Waals surface area contributed by atoms with Gasteiger partial charge >= 0.3 is 0 Å². The number of nitrogens with zero attached hydrogens (tertiary/aromatic N) is 6. The van der Waals surface area contributed by atoms with Crippen molar-refractivity contribution in [1.29, 1.82) is 0 Å². The number of halogens is 1. The largest absolute Gasteiger partial charge is 0.470 e. The van der Waals surface area contributed by atoms with E-state index in [0.717, 1.165) is 5.56 Å². The number of morpholine rings is 1. The quantitative estimate of drug-likeness (QED) is 0.637. The highest BCUT2D eigenvalue weighted by molar-refractivity contribution is 5.91. The molecule has 0 spiro atoms. The van der Waals surface area contributed by atoms with Gasteiger partial charge in [-0.3, -0.25) is 10.2 Å². The Bertz CT molecular complexity index is 1000. The average Bonchev–Trinajstić information content (AvgIpc) is 3.14. The summed E-state index contributed by atoms with van der Waals surface area (Å²) in [6.07, 6.45) is 0. The molecule has 1 aromatic carbocycles. The molecule has 1 aliphatic heterocycles. The van der Waals surface area contributed by atoms with E-state index >= 15 is 0 Å². The number of hydrogen-bond acceptors (Lipinski definition) is 8. The smallest absolute Gasteiger partial charge is 0.286 e. The average molecular weight is 413 g/mol.